The number of rotatable bonds is 7. The highest BCUT2D eigenvalue weighted by Crippen LogP contribution is 2.29. The van der Waals surface area contributed by atoms with Gasteiger partial charge in [-0.1, -0.05) is 13.8 Å². The molecular weight excluding hydrogens is 260 g/mol. The highest BCUT2D eigenvalue weighted by atomic mass is 16.4. The number of nitrogens with zero attached hydrogens (tertiary/aromatic N) is 1. The highest BCUT2D eigenvalue weighted by molar-refractivity contribution is 5.94. The van der Waals surface area contributed by atoms with E-state index in [4.69, 9.17) is 5.11 Å². The van der Waals surface area contributed by atoms with Crippen molar-refractivity contribution < 1.29 is 19.5 Å². The summed E-state index contributed by atoms with van der Waals surface area (Å²) in [5.74, 6) is -0.798. The van der Waals surface area contributed by atoms with E-state index in [1.807, 2.05) is 6.92 Å². The fraction of sp³-hybridized carbons (Fsp3) is 0.786. The Morgan fingerprint density at radius 1 is 1.25 bits per heavy atom. The number of nitrogens with one attached hydrogen (secondary N) is 1. The van der Waals surface area contributed by atoms with Crippen LogP contribution in [0.1, 0.15) is 46.5 Å². The van der Waals surface area contributed by atoms with Crippen molar-refractivity contribution in [1.82, 2.24) is 10.2 Å². The average molecular weight is 284 g/mol. The van der Waals surface area contributed by atoms with Gasteiger partial charge in [-0.3, -0.25) is 14.9 Å². The maximum absolute atomic E-state index is 11.9. The molecule has 0 atom stereocenters. The third-order valence-electron chi connectivity index (χ3n) is 3.36. The molecular formula is C14H24N2O4. The maximum Gasteiger partial charge on any atom is 0.324 e. The van der Waals surface area contributed by atoms with E-state index in [-0.39, 0.29) is 18.9 Å². The van der Waals surface area contributed by atoms with Crippen molar-refractivity contribution in [3.8, 4) is 0 Å². The van der Waals surface area contributed by atoms with Crippen LogP contribution < -0.4 is 5.32 Å². The number of amides is 3. The third-order valence-corrected chi connectivity index (χ3v) is 3.36. The van der Waals surface area contributed by atoms with Crippen LogP contribution in [0, 0.1) is 11.3 Å². The van der Waals surface area contributed by atoms with Gasteiger partial charge in [0, 0.05) is 19.5 Å². The minimum absolute atomic E-state index is 0.0199. The highest BCUT2D eigenvalue weighted by Gasteiger charge is 2.29. The zero-order valence-electron chi connectivity index (χ0n) is 12.4. The van der Waals surface area contributed by atoms with Gasteiger partial charge < -0.3 is 10.0 Å². The van der Waals surface area contributed by atoms with Gasteiger partial charge in [0.15, 0.2) is 0 Å². The lowest BCUT2D eigenvalue weighted by molar-refractivity contribution is -0.139. The van der Waals surface area contributed by atoms with Crippen LogP contribution >= 0.6 is 0 Å². The molecule has 0 aromatic heterocycles. The van der Waals surface area contributed by atoms with E-state index in [0.717, 1.165) is 12.8 Å². The zero-order chi connectivity index (χ0) is 15.3. The fourth-order valence-electron chi connectivity index (χ4n) is 2.12. The normalized spacial score (nSPS) is 14.8. The Bertz CT molecular complexity index is 389. The van der Waals surface area contributed by atoms with Crippen LogP contribution in [0.25, 0.3) is 0 Å². The Kier molecular flexibility index (Phi) is 5.53. The Hall–Kier alpha value is -1.59. The number of hydrogen-bond donors (Lipinski definition) is 2. The number of carboxylic acids is 1. The molecule has 1 aliphatic carbocycles. The molecule has 0 aromatic rings. The first-order valence-electron chi connectivity index (χ1n) is 7.04. The van der Waals surface area contributed by atoms with Gasteiger partial charge in [-0.2, -0.15) is 0 Å². The lowest BCUT2D eigenvalue weighted by Gasteiger charge is -2.24. The number of hydrogen-bond acceptors (Lipinski definition) is 3. The van der Waals surface area contributed by atoms with Crippen molar-refractivity contribution >= 4 is 17.9 Å². The molecule has 1 fully saturated rings. The SMILES string of the molecule is CCN(CC1CC1)C(=O)NC(=O)CC(C)(C)CC(=O)O. The lowest BCUT2D eigenvalue weighted by atomic mass is 9.85. The van der Waals surface area contributed by atoms with Crippen LogP contribution in [0.15, 0.2) is 0 Å². The van der Waals surface area contributed by atoms with Gasteiger partial charge in [0.1, 0.15) is 0 Å². The van der Waals surface area contributed by atoms with Crippen LogP contribution in [-0.4, -0.2) is 41.0 Å². The Labute approximate surface area is 119 Å². The summed E-state index contributed by atoms with van der Waals surface area (Å²) in [6, 6.07) is -0.379. The number of aliphatic carboxylic acids is 1. The van der Waals surface area contributed by atoms with Crippen LogP contribution in [-0.2, 0) is 9.59 Å². The van der Waals surface area contributed by atoms with Crippen molar-refractivity contribution in [2.45, 2.75) is 46.5 Å². The molecule has 2 N–H and O–H groups in total. The molecule has 1 rings (SSSR count). The van der Waals surface area contributed by atoms with Gasteiger partial charge in [-0.15, -0.1) is 0 Å². The van der Waals surface area contributed by atoms with Crippen molar-refractivity contribution in [2.24, 2.45) is 11.3 Å². The number of carbonyl (C=O) groups is 3. The fourth-order valence-corrected chi connectivity index (χ4v) is 2.12. The van der Waals surface area contributed by atoms with E-state index in [9.17, 15) is 14.4 Å². The van der Waals surface area contributed by atoms with Crippen molar-refractivity contribution in [2.75, 3.05) is 13.1 Å². The zero-order valence-corrected chi connectivity index (χ0v) is 12.4. The molecule has 1 aliphatic rings. The van der Waals surface area contributed by atoms with E-state index in [1.165, 1.54) is 0 Å². The standard InChI is InChI=1S/C14H24N2O4/c1-4-16(9-10-5-6-10)13(20)15-11(17)7-14(2,3)8-12(18)19/h10H,4-9H2,1-3H3,(H,18,19)(H,15,17,20). The molecule has 0 unspecified atom stereocenters. The molecule has 6 nitrogen and oxygen atoms in total. The minimum atomic E-state index is -0.946. The summed E-state index contributed by atoms with van der Waals surface area (Å²) in [5.41, 5.74) is -0.663. The van der Waals surface area contributed by atoms with E-state index >= 15 is 0 Å². The average Bonchev–Trinajstić information content (AvgIpc) is 3.05. The second-order valence-electron chi connectivity index (χ2n) is 6.25. The monoisotopic (exact) mass is 284 g/mol. The lowest BCUT2D eigenvalue weighted by Crippen LogP contribution is -2.44. The Morgan fingerprint density at radius 3 is 2.30 bits per heavy atom. The molecule has 3 amide bonds. The molecule has 0 aliphatic heterocycles. The molecule has 20 heavy (non-hydrogen) atoms. The van der Waals surface area contributed by atoms with Crippen molar-refractivity contribution in [3.05, 3.63) is 0 Å². The van der Waals surface area contributed by atoms with E-state index in [0.29, 0.717) is 19.0 Å². The molecule has 0 radical (unpaired) electrons. The molecule has 0 spiro atoms. The van der Waals surface area contributed by atoms with Crippen LogP contribution in [0.4, 0.5) is 4.79 Å². The van der Waals surface area contributed by atoms with Gasteiger partial charge in [-0.05, 0) is 31.1 Å². The predicted molar refractivity (Wildman–Crippen MR) is 74.2 cm³/mol. The van der Waals surface area contributed by atoms with Gasteiger partial charge >= 0.3 is 12.0 Å². The summed E-state index contributed by atoms with van der Waals surface area (Å²) in [6.07, 6.45) is 2.20. The smallest absolute Gasteiger partial charge is 0.324 e. The first-order valence-corrected chi connectivity index (χ1v) is 7.04. The summed E-state index contributed by atoms with van der Waals surface area (Å²) in [4.78, 5) is 36.1. The van der Waals surface area contributed by atoms with Gasteiger partial charge in [0.2, 0.25) is 5.91 Å². The van der Waals surface area contributed by atoms with Gasteiger partial charge in [0.25, 0.3) is 0 Å². The predicted octanol–water partition coefficient (Wildman–Crippen LogP) is 1.85. The van der Waals surface area contributed by atoms with Crippen molar-refractivity contribution in [3.63, 3.8) is 0 Å². The maximum atomic E-state index is 11.9. The molecule has 114 valence electrons. The quantitative estimate of drug-likeness (QED) is 0.747. The molecule has 0 heterocycles. The molecule has 1 saturated carbocycles. The first kappa shape index (κ1) is 16.5. The summed E-state index contributed by atoms with van der Waals surface area (Å²) >= 11 is 0. The number of carbonyl (C=O) groups excluding carboxylic acids is 2. The molecule has 0 bridgehead atoms. The first-order chi connectivity index (χ1) is 9.23. The molecule has 0 aromatic carbocycles. The third kappa shape index (κ3) is 6.04. The van der Waals surface area contributed by atoms with Gasteiger partial charge in [-0.25, -0.2) is 4.79 Å². The minimum Gasteiger partial charge on any atom is -0.481 e. The second kappa shape index (κ2) is 6.72. The second-order valence-corrected chi connectivity index (χ2v) is 6.25. The largest absolute Gasteiger partial charge is 0.481 e. The Morgan fingerprint density at radius 2 is 1.85 bits per heavy atom. The van der Waals surface area contributed by atoms with E-state index < -0.39 is 17.3 Å². The van der Waals surface area contributed by atoms with Crippen LogP contribution in [0.2, 0.25) is 0 Å². The van der Waals surface area contributed by atoms with Crippen LogP contribution in [0.3, 0.4) is 0 Å². The summed E-state index contributed by atoms with van der Waals surface area (Å²) in [6.45, 7) is 6.53. The summed E-state index contributed by atoms with van der Waals surface area (Å²) in [5, 5.41) is 11.1. The summed E-state index contributed by atoms with van der Waals surface area (Å²) < 4.78 is 0. The molecule has 6 heteroatoms. The van der Waals surface area contributed by atoms with Crippen LogP contribution in [0.5, 0.6) is 0 Å². The van der Waals surface area contributed by atoms with Crippen molar-refractivity contribution in [1.29, 1.82) is 0 Å². The summed E-state index contributed by atoms with van der Waals surface area (Å²) in [7, 11) is 0. The number of carboxylic acid groups (broad SMARTS) is 1. The molecule has 0 saturated heterocycles. The van der Waals surface area contributed by atoms with E-state index in [2.05, 4.69) is 5.32 Å². The topological polar surface area (TPSA) is 86.7 Å². The number of urea groups is 1. The van der Waals surface area contributed by atoms with Gasteiger partial charge in [0.05, 0.1) is 6.42 Å². The van der Waals surface area contributed by atoms with E-state index in [1.54, 1.807) is 18.7 Å². The number of imide groups is 1. The Balaban J connectivity index is 2.43.